The summed E-state index contributed by atoms with van der Waals surface area (Å²) in [7, 11) is 1.67. The third-order valence-electron chi connectivity index (χ3n) is 4.28. The van der Waals surface area contributed by atoms with Gasteiger partial charge >= 0.3 is 6.09 Å². The maximum absolute atomic E-state index is 12.3. The normalized spacial score (nSPS) is 10.4. The van der Waals surface area contributed by atoms with Crippen molar-refractivity contribution >= 4 is 12.0 Å². The number of amides is 2. The van der Waals surface area contributed by atoms with Crippen LogP contribution in [0, 0.1) is 0 Å². The number of carboxylic acid groups (broad SMARTS) is 1. The minimum Gasteiger partial charge on any atom is -0.465 e. The van der Waals surface area contributed by atoms with Crippen molar-refractivity contribution in [2.24, 2.45) is 0 Å². The van der Waals surface area contributed by atoms with Crippen LogP contribution in [0.25, 0.3) is 0 Å². The molecule has 0 aliphatic rings. The molecule has 2 N–H and O–H groups in total. The molecule has 2 amide bonds. The van der Waals surface area contributed by atoms with Gasteiger partial charge < -0.3 is 20.0 Å². The number of aliphatic hydroxyl groups is 1. The van der Waals surface area contributed by atoms with Crippen molar-refractivity contribution in [1.29, 1.82) is 0 Å². The smallest absolute Gasteiger partial charge is 0.407 e. The first-order chi connectivity index (χ1) is 13.0. The number of benzene rings is 1. The Morgan fingerprint density at radius 2 is 1.74 bits per heavy atom. The second-order valence-corrected chi connectivity index (χ2v) is 6.30. The molecule has 27 heavy (non-hydrogen) atoms. The highest BCUT2D eigenvalue weighted by atomic mass is 16.4. The molecule has 1 heterocycles. The lowest BCUT2D eigenvalue weighted by Gasteiger charge is -2.22. The molecule has 1 aromatic carbocycles. The fraction of sp³-hybridized carbons (Fsp3) is 0.350. The van der Waals surface area contributed by atoms with Gasteiger partial charge in [-0.1, -0.05) is 36.4 Å². The van der Waals surface area contributed by atoms with E-state index in [4.69, 9.17) is 5.11 Å². The largest absolute Gasteiger partial charge is 0.465 e. The number of aliphatic hydroxyl groups excluding tert-OH is 1. The summed E-state index contributed by atoms with van der Waals surface area (Å²) in [6, 6.07) is 13.0. The molecule has 0 atom stereocenters. The SMILES string of the molecule is CN(CCCN(CCc1ccccc1)C(=O)O)C(=O)c1ccc(CO)cn1. The highest BCUT2D eigenvalue weighted by Crippen LogP contribution is 2.06. The van der Waals surface area contributed by atoms with Crippen LogP contribution in [0.2, 0.25) is 0 Å². The maximum atomic E-state index is 12.3. The predicted octanol–water partition coefficient (Wildman–Crippen LogP) is 2.26. The standard InChI is InChI=1S/C20H25N3O4/c1-22(19(25)18-9-8-17(15-24)14-21-18)11-5-12-23(20(26)27)13-10-16-6-3-2-4-7-16/h2-4,6-9,14,24H,5,10-13,15H2,1H3,(H,26,27). The van der Waals surface area contributed by atoms with Gasteiger partial charge in [0.05, 0.1) is 6.61 Å². The van der Waals surface area contributed by atoms with Crippen LogP contribution in [0.4, 0.5) is 4.79 Å². The molecule has 0 saturated carbocycles. The monoisotopic (exact) mass is 371 g/mol. The average Bonchev–Trinajstić information content (AvgIpc) is 2.70. The van der Waals surface area contributed by atoms with Gasteiger partial charge in [-0.25, -0.2) is 4.79 Å². The summed E-state index contributed by atoms with van der Waals surface area (Å²) in [5.74, 6) is -0.231. The number of pyridine rings is 1. The third-order valence-corrected chi connectivity index (χ3v) is 4.28. The van der Waals surface area contributed by atoms with Crippen LogP contribution in [0.3, 0.4) is 0 Å². The zero-order valence-electron chi connectivity index (χ0n) is 15.4. The lowest BCUT2D eigenvalue weighted by molar-refractivity contribution is 0.0783. The van der Waals surface area contributed by atoms with E-state index in [-0.39, 0.29) is 12.5 Å². The van der Waals surface area contributed by atoms with Crippen LogP contribution >= 0.6 is 0 Å². The number of hydrogen-bond donors (Lipinski definition) is 2. The molecule has 0 aliphatic heterocycles. The van der Waals surface area contributed by atoms with E-state index in [1.807, 2.05) is 30.3 Å². The predicted molar refractivity (Wildman–Crippen MR) is 101 cm³/mol. The van der Waals surface area contributed by atoms with Gasteiger partial charge in [0.15, 0.2) is 0 Å². The number of aromatic nitrogens is 1. The fourth-order valence-corrected chi connectivity index (χ4v) is 2.65. The number of hydrogen-bond acceptors (Lipinski definition) is 4. The van der Waals surface area contributed by atoms with Gasteiger partial charge in [0, 0.05) is 32.9 Å². The van der Waals surface area contributed by atoms with Crippen molar-refractivity contribution in [3.05, 3.63) is 65.5 Å². The number of carbonyl (C=O) groups excluding carboxylic acids is 1. The molecular weight excluding hydrogens is 346 g/mol. The van der Waals surface area contributed by atoms with Gasteiger partial charge in [-0.2, -0.15) is 0 Å². The lowest BCUT2D eigenvalue weighted by Crippen LogP contribution is -2.35. The Balaban J connectivity index is 1.80. The van der Waals surface area contributed by atoms with Gasteiger partial charge in [0.25, 0.3) is 5.91 Å². The molecule has 2 rings (SSSR count). The van der Waals surface area contributed by atoms with E-state index in [0.717, 1.165) is 5.56 Å². The molecule has 0 aliphatic carbocycles. The molecule has 7 nitrogen and oxygen atoms in total. The van der Waals surface area contributed by atoms with Crippen molar-refractivity contribution in [3.63, 3.8) is 0 Å². The van der Waals surface area contributed by atoms with Crippen LogP contribution in [0.5, 0.6) is 0 Å². The molecule has 0 bridgehead atoms. The lowest BCUT2D eigenvalue weighted by atomic mass is 10.1. The Morgan fingerprint density at radius 1 is 1.00 bits per heavy atom. The number of rotatable bonds is 9. The topological polar surface area (TPSA) is 94.0 Å². The number of carbonyl (C=O) groups is 2. The quantitative estimate of drug-likeness (QED) is 0.705. The Kier molecular flexibility index (Phi) is 7.76. The summed E-state index contributed by atoms with van der Waals surface area (Å²) in [6.07, 6.45) is 1.71. The summed E-state index contributed by atoms with van der Waals surface area (Å²) in [6.45, 7) is 1.08. The Morgan fingerprint density at radius 3 is 2.33 bits per heavy atom. The van der Waals surface area contributed by atoms with Crippen LogP contribution in [0.15, 0.2) is 48.7 Å². The van der Waals surface area contributed by atoms with Crippen molar-refractivity contribution in [2.45, 2.75) is 19.4 Å². The van der Waals surface area contributed by atoms with Gasteiger partial charge in [0.2, 0.25) is 0 Å². The summed E-state index contributed by atoms with van der Waals surface area (Å²) in [5, 5.41) is 18.4. The minimum atomic E-state index is -0.957. The Hall–Kier alpha value is -2.93. The van der Waals surface area contributed by atoms with E-state index >= 15 is 0 Å². The van der Waals surface area contributed by atoms with Crippen molar-refractivity contribution < 1.29 is 19.8 Å². The van der Waals surface area contributed by atoms with Gasteiger partial charge in [-0.3, -0.25) is 9.78 Å². The van der Waals surface area contributed by atoms with E-state index in [1.165, 1.54) is 16.0 Å². The molecule has 7 heteroatoms. The summed E-state index contributed by atoms with van der Waals surface area (Å²) < 4.78 is 0. The second-order valence-electron chi connectivity index (χ2n) is 6.30. The van der Waals surface area contributed by atoms with E-state index < -0.39 is 6.09 Å². The molecule has 2 aromatic rings. The minimum absolute atomic E-state index is 0.120. The summed E-state index contributed by atoms with van der Waals surface area (Å²) in [5.41, 5.74) is 2.03. The second kappa shape index (κ2) is 10.3. The van der Waals surface area contributed by atoms with Gasteiger partial charge in [-0.15, -0.1) is 0 Å². The molecule has 0 unspecified atom stereocenters. The summed E-state index contributed by atoms with van der Waals surface area (Å²) in [4.78, 5) is 30.7. The molecule has 0 spiro atoms. The van der Waals surface area contributed by atoms with E-state index in [0.29, 0.717) is 43.7 Å². The zero-order valence-corrected chi connectivity index (χ0v) is 15.4. The average molecular weight is 371 g/mol. The Labute approximate surface area is 158 Å². The highest BCUT2D eigenvalue weighted by molar-refractivity contribution is 5.92. The fourth-order valence-electron chi connectivity index (χ4n) is 2.65. The zero-order chi connectivity index (χ0) is 19.6. The van der Waals surface area contributed by atoms with E-state index in [1.54, 1.807) is 19.2 Å². The van der Waals surface area contributed by atoms with Crippen LogP contribution in [-0.4, -0.2) is 63.7 Å². The van der Waals surface area contributed by atoms with Crippen LogP contribution in [0.1, 0.15) is 28.0 Å². The molecule has 0 fully saturated rings. The van der Waals surface area contributed by atoms with Gasteiger partial charge in [-0.05, 0) is 30.0 Å². The highest BCUT2D eigenvalue weighted by Gasteiger charge is 2.15. The first-order valence-corrected chi connectivity index (χ1v) is 8.84. The molecule has 1 aromatic heterocycles. The van der Waals surface area contributed by atoms with Crippen molar-refractivity contribution in [2.75, 3.05) is 26.7 Å². The first kappa shape index (κ1) is 20.4. The summed E-state index contributed by atoms with van der Waals surface area (Å²) >= 11 is 0. The van der Waals surface area contributed by atoms with E-state index in [9.17, 15) is 14.7 Å². The molecule has 144 valence electrons. The van der Waals surface area contributed by atoms with Crippen LogP contribution < -0.4 is 0 Å². The van der Waals surface area contributed by atoms with Gasteiger partial charge in [0.1, 0.15) is 5.69 Å². The van der Waals surface area contributed by atoms with Crippen molar-refractivity contribution in [1.82, 2.24) is 14.8 Å². The van der Waals surface area contributed by atoms with E-state index in [2.05, 4.69) is 4.98 Å². The third kappa shape index (κ3) is 6.38. The molecular formula is C20H25N3O4. The van der Waals surface area contributed by atoms with Crippen LogP contribution in [-0.2, 0) is 13.0 Å². The number of nitrogens with zero attached hydrogens (tertiary/aromatic N) is 3. The maximum Gasteiger partial charge on any atom is 0.407 e. The molecule has 0 saturated heterocycles. The Bertz CT molecular complexity index is 735. The molecule has 0 radical (unpaired) electrons. The van der Waals surface area contributed by atoms with Crippen molar-refractivity contribution in [3.8, 4) is 0 Å². The first-order valence-electron chi connectivity index (χ1n) is 8.84.